The molecule has 9 nitrogen and oxygen atoms in total. The zero-order chi connectivity index (χ0) is 22.8. The first-order valence-corrected chi connectivity index (χ1v) is 11.0. The first kappa shape index (κ1) is 21.1. The fraction of sp³-hybridized carbons (Fsp3) is 0.333. The maximum Gasteiger partial charge on any atom is 0.226 e. The lowest BCUT2D eigenvalue weighted by molar-refractivity contribution is -0.116. The topological polar surface area (TPSA) is 94.4 Å². The Kier molecular flexibility index (Phi) is 5.78. The molecule has 0 radical (unpaired) electrons. The molecule has 33 heavy (non-hydrogen) atoms. The summed E-state index contributed by atoms with van der Waals surface area (Å²) in [5, 5.41) is 16.5. The van der Waals surface area contributed by atoms with Gasteiger partial charge in [0.1, 0.15) is 18.2 Å². The molecule has 0 aliphatic carbocycles. The number of carbonyl (C=O) groups is 1. The Morgan fingerprint density at radius 1 is 1.18 bits per heavy atom. The van der Waals surface area contributed by atoms with Crippen molar-refractivity contribution in [1.29, 1.82) is 0 Å². The predicted octanol–water partition coefficient (Wildman–Crippen LogP) is 2.85. The van der Waals surface area contributed by atoms with Gasteiger partial charge in [-0.2, -0.15) is 9.78 Å². The van der Waals surface area contributed by atoms with E-state index in [1.165, 1.54) is 0 Å². The number of anilines is 2. The van der Waals surface area contributed by atoms with Crippen LogP contribution < -0.4 is 15.0 Å². The van der Waals surface area contributed by atoms with Crippen LogP contribution in [0.4, 0.5) is 11.6 Å². The van der Waals surface area contributed by atoms with E-state index in [1.54, 1.807) is 10.8 Å². The molecule has 2 aliphatic heterocycles. The van der Waals surface area contributed by atoms with E-state index in [4.69, 9.17) is 14.6 Å². The van der Waals surface area contributed by atoms with Gasteiger partial charge in [-0.1, -0.05) is 30.9 Å². The van der Waals surface area contributed by atoms with Gasteiger partial charge in [0.2, 0.25) is 5.91 Å². The molecule has 0 bridgehead atoms. The normalized spacial score (nSPS) is 17.9. The van der Waals surface area contributed by atoms with E-state index in [1.807, 2.05) is 43.3 Å². The second-order valence-electron chi connectivity index (χ2n) is 8.05. The third kappa shape index (κ3) is 4.07. The summed E-state index contributed by atoms with van der Waals surface area (Å²) in [7, 11) is 0. The SMILES string of the molecule is C=CCOc1ccccc1[C@H]1CC(=O)Nc2c1c(C)nn2-c1ccc(N2CCOCC2)nn1. The van der Waals surface area contributed by atoms with Crippen molar-refractivity contribution in [3.05, 3.63) is 65.9 Å². The number of hydrogen-bond acceptors (Lipinski definition) is 7. The summed E-state index contributed by atoms with van der Waals surface area (Å²) in [6.45, 7) is 9.01. The number of aromatic nitrogens is 4. The van der Waals surface area contributed by atoms with Crippen molar-refractivity contribution in [2.75, 3.05) is 43.1 Å². The van der Waals surface area contributed by atoms with Crippen molar-refractivity contribution in [3.8, 4) is 11.6 Å². The predicted molar refractivity (Wildman–Crippen MR) is 124 cm³/mol. The fourth-order valence-corrected chi connectivity index (χ4v) is 4.42. The van der Waals surface area contributed by atoms with Gasteiger partial charge in [0.25, 0.3) is 0 Å². The molecule has 2 aromatic heterocycles. The minimum Gasteiger partial charge on any atom is -0.489 e. The molecule has 1 aromatic carbocycles. The number of carbonyl (C=O) groups excluding carboxylic acids is 1. The number of benzene rings is 1. The lowest BCUT2D eigenvalue weighted by Crippen LogP contribution is -2.36. The van der Waals surface area contributed by atoms with E-state index in [0.717, 1.165) is 41.5 Å². The zero-order valence-electron chi connectivity index (χ0n) is 18.5. The summed E-state index contributed by atoms with van der Waals surface area (Å²) in [6, 6.07) is 11.6. The molecule has 0 unspecified atom stereocenters. The summed E-state index contributed by atoms with van der Waals surface area (Å²) in [6.07, 6.45) is 2.02. The molecule has 1 fully saturated rings. The number of para-hydroxylation sites is 1. The van der Waals surface area contributed by atoms with Gasteiger partial charge in [0, 0.05) is 36.6 Å². The minimum atomic E-state index is -0.177. The molecule has 170 valence electrons. The smallest absolute Gasteiger partial charge is 0.226 e. The lowest BCUT2D eigenvalue weighted by atomic mass is 9.85. The van der Waals surface area contributed by atoms with Gasteiger partial charge in [0.15, 0.2) is 11.6 Å². The van der Waals surface area contributed by atoms with Crippen LogP contribution in [0.3, 0.4) is 0 Å². The van der Waals surface area contributed by atoms with Crippen LogP contribution in [-0.4, -0.2) is 58.8 Å². The largest absolute Gasteiger partial charge is 0.489 e. The van der Waals surface area contributed by atoms with Crippen molar-refractivity contribution in [2.24, 2.45) is 0 Å². The molecular formula is C24H26N6O3. The van der Waals surface area contributed by atoms with Crippen LogP contribution in [-0.2, 0) is 9.53 Å². The molecule has 0 spiro atoms. The standard InChI is InChI=1S/C24H26N6O3/c1-3-12-33-19-7-5-4-6-17(19)18-15-22(31)25-24-23(18)16(2)28-30(24)21-9-8-20(26-27-21)29-10-13-32-14-11-29/h3-9,18H,1,10-15H2,2H3,(H,25,31)/t18-/m1/s1. The molecule has 2 aliphatic rings. The number of ether oxygens (including phenoxy) is 2. The van der Waals surface area contributed by atoms with Crippen LogP contribution in [0.15, 0.2) is 49.1 Å². The molecular weight excluding hydrogens is 420 g/mol. The Hall–Kier alpha value is -3.72. The van der Waals surface area contributed by atoms with E-state index in [0.29, 0.717) is 37.9 Å². The van der Waals surface area contributed by atoms with E-state index in [9.17, 15) is 4.79 Å². The van der Waals surface area contributed by atoms with Gasteiger partial charge >= 0.3 is 0 Å². The molecule has 1 amide bonds. The monoisotopic (exact) mass is 446 g/mol. The Morgan fingerprint density at radius 3 is 2.70 bits per heavy atom. The average molecular weight is 447 g/mol. The van der Waals surface area contributed by atoms with Crippen LogP contribution in [0.1, 0.15) is 29.2 Å². The van der Waals surface area contributed by atoms with Crippen molar-refractivity contribution >= 4 is 17.5 Å². The van der Waals surface area contributed by atoms with Crippen molar-refractivity contribution < 1.29 is 14.3 Å². The number of rotatable bonds is 6. The molecule has 1 saturated heterocycles. The molecule has 5 rings (SSSR count). The fourth-order valence-electron chi connectivity index (χ4n) is 4.42. The zero-order valence-corrected chi connectivity index (χ0v) is 18.5. The van der Waals surface area contributed by atoms with Crippen LogP contribution in [0.25, 0.3) is 5.82 Å². The van der Waals surface area contributed by atoms with Crippen molar-refractivity contribution in [1.82, 2.24) is 20.0 Å². The Labute approximate surface area is 192 Å². The van der Waals surface area contributed by atoms with Crippen molar-refractivity contribution in [2.45, 2.75) is 19.3 Å². The number of morpholine rings is 1. The summed E-state index contributed by atoms with van der Waals surface area (Å²) in [4.78, 5) is 14.9. The summed E-state index contributed by atoms with van der Waals surface area (Å²) in [5.74, 6) is 2.46. The number of hydrogen-bond donors (Lipinski definition) is 1. The minimum absolute atomic E-state index is 0.0786. The van der Waals surface area contributed by atoms with E-state index in [2.05, 4.69) is 27.0 Å². The molecule has 9 heteroatoms. The van der Waals surface area contributed by atoms with Gasteiger partial charge in [-0.3, -0.25) is 4.79 Å². The second kappa shape index (κ2) is 9.03. The van der Waals surface area contributed by atoms with E-state index in [-0.39, 0.29) is 11.8 Å². The van der Waals surface area contributed by atoms with Gasteiger partial charge in [-0.25, -0.2) is 0 Å². The lowest BCUT2D eigenvalue weighted by Gasteiger charge is -2.27. The van der Waals surface area contributed by atoms with E-state index >= 15 is 0 Å². The van der Waals surface area contributed by atoms with Crippen LogP contribution in [0.2, 0.25) is 0 Å². The Morgan fingerprint density at radius 2 is 1.94 bits per heavy atom. The molecule has 1 N–H and O–H groups in total. The number of fused-ring (bicyclic) bond motifs is 1. The Bertz CT molecular complexity index is 1170. The van der Waals surface area contributed by atoms with Gasteiger partial charge in [0.05, 0.1) is 18.9 Å². The molecule has 3 aromatic rings. The van der Waals surface area contributed by atoms with Gasteiger partial charge in [-0.15, -0.1) is 10.2 Å². The summed E-state index contributed by atoms with van der Waals surface area (Å²) in [5.41, 5.74) is 2.74. The first-order valence-electron chi connectivity index (χ1n) is 11.0. The van der Waals surface area contributed by atoms with Gasteiger partial charge in [-0.05, 0) is 25.1 Å². The second-order valence-corrected chi connectivity index (χ2v) is 8.05. The quantitative estimate of drug-likeness (QED) is 0.582. The highest BCUT2D eigenvalue weighted by Crippen LogP contribution is 2.43. The average Bonchev–Trinajstić information content (AvgIpc) is 3.19. The maximum absolute atomic E-state index is 12.7. The number of amides is 1. The number of nitrogens with one attached hydrogen (secondary N) is 1. The highest BCUT2D eigenvalue weighted by Gasteiger charge is 2.34. The van der Waals surface area contributed by atoms with E-state index < -0.39 is 0 Å². The van der Waals surface area contributed by atoms with Crippen LogP contribution in [0, 0.1) is 6.92 Å². The summed E-state index contributed by atoms with van der Waals surface area (Å²) >= 11 is 0. The third-order valence-electron chi connectivity index (χ3n) is 5.94. The number of nitrogens with zero attached hydrogens (tertiary/aromatic N) is 5. The summed E-state index contributed by atoms with van der Waals surface area (Å²) < 4.78 is 13.0. The highest BCUT2D eigenvalue weighted by atomic mass is 16.5. The third-order valence-corrected chi connectivity index (χ3v) is 5.94. The van der Waals surface area contributed by atoms with Crippen LogP contribution in [0.5, 0.6) is 5.75 Å². The molecule has 1 atom stereocenters. The molecule has 4 heterocycles. The van der Waals surface area contributed by atoms with Gasteiger partial charge < -0.3 is 19.7 Å². The van der Waals surface area contributed by atoms with Crippen LogP contribution >= 0.6 is 0 Å². The highest BCUT2D eigenvalue weighted by molar-refractivity contribution is 5.95. The first-order chi connectivity index (χ1) is 16.2. The maximum atomic E-state index is 12.7. The molecule has 0 saturated carbocycles. The number of aryl methyl sites for hydroxylation is 1. The van der Waals surface area contributed by atoms with Crippen molar-refractivity contribution in [3.63, 3.8) is 0 Å². The Balaban J connectivity index is 1.51.